The lowest BCUT2D eigenvalue weighted by atomic mass is 9.83. The molecule has 2 fully saturated rings. The Kier molecular flexibility index (Phi) is 7.08. The van der Waals surface area contributed by atoms with E-state index in [-0.39, 0.29) is 11.6 Å². The predicted octanol–water partition coefficient (Wildman–Crippen LogP) is 3.55. The van der Waals surface area contributed by atoms with Crippen molar-refractivity contribution in [1.82, 2.24) is 4.72 Å². The largest absolute Gasteiger partial charge is 0.381 e. The maximum atomic E-state index is 13.1. The number of methoxy groups -OCH3 is 1. The highest BCUT2D eigenvalue weighted by Crippen LogP contribution is 2.36. The second-order valence-corrected chi connectivity index (χ2v) is 10.8. The molecule has 6 nitrogen and oxygen atoms in total. The fourth-order valence-corrected chi connectivity index (χ4v) is 5.91. The van der Waals surface area contributed by atoms with Gasteiger partial charge in [-0.3, -0.25) is 0 Å². The Balaban J connectivity index is 1.79. The number of anilines is 1. The van der Waals surface area contributed by atoms with Crippen LogP contribution in [0.5, 0.6) is 0 Å². The van der Waals surface area contributed by atoms with Crippen LogP contribution in [0.2, 0.25) is 0 Å². The molecule has 1 aromatic carbocycles. The van der Waals surface area contributed by atoms with E-state index in [0.717, 1.165) is 36.1 Å². The molecule has 1 N–H and O–H groups in total. The minimum Gasteiger partial charge on any atom is -0.381 e. The topological polar surface area (TPSA) is 67.9 Å². The summed E-state index contributed by atoms with van der Waals surface area (Å²) >= 11 is 3.50. The number of nitrogens with one attached hydrogen (secondary N) is 1. The molecule has 0 bridgehead atoms. The van der Waals surface area contributed by atoms with Gasteiger partial charge in [0.25, 0.3) is 0 Å². The molecule has 3 rings (SSSR count). The summed E-state index contributed by atoms with van der Waals surface area (Å²) in [5.41, 5.74) is 0.602. The highest BCUT2D eigenvalue weighted by Gasteiger charge is 2.34. The van der Waals surface area contributed by atoms with Gasteiger partial charge in [-0.05, 0) is 63.6 Å². The molecule has 28 heavy (non-hydrogen) atoms. The van der Waals surface area contributed by atoms with Crippen molar-refractivity contribution in [2.75, 3.05) is 38.3 Å². The average Bonchev–Trinajstić information content (AvgIpc) is 2.68. The van der Waals surface area contributed by atoms with E-state index in [1.165, 1.54) is 0 Å². The van der Waals surface area contributed by atoms with Gasteiger partial charge in [0.1, 0.15) is 4.90 Å². The number of rotatable bonds is 6. The molecule has 2 aliphatic rings. The minimum absolute atomic E-state index is 0.0662. The molecule has 0 amide bonds. The number of hydrogen-bond acceptors (Lipinski definition) is 5. The first-order valence-corrected chi connectivity index (χ1v) is 12.2. The van der Waals surface area contributed by atoms with Gasteiger partial charge in [0.2, 0.25) is 10.0 Å². The fraction of sp³-hybridized carbons (Fsp3) is 0.700. The van der Waals surface area contributed by atoms with Crippen molar-refractivity contribution in [1.29, 1.82) is 0 Å². The molecule has 0 spiro atoms. The smallest absolute Gasteiger partial charge is 0.242 e. The van der Waals surface area contributed by atoms with Crippen LogP contribution in [0.4, 0.5) is 5.69 Å². The zero-order chi connectivity index (χ0) is 20.4. The lowest BCUT2D eigenvalue weighted by molar-refractivity contribution is -0.0357. The van der Waals surface area contributed by atoms with Gasteiger partial charge in [0.05, 0.1) is 11.3 Å². The van der Waals surface area contributed by atoms with Gasteiger partial charge in [-0.15, -0.1) is 0 Å². The van der Waals surface area contributed by atoms with Crippen LogP contribution in [0.15, 0.2) is 27.6 Å². The molecular weight excluding hydrogens is 444 g/mol. The van der Waals surface area contributed by atoms with Crippen LogP contribution >= 0.6 is 15.9 Å². The quantitative estimate of drug-likeness (QED) is 0.682. The van der Waals surface area contributed by atoms with Crippen molar-refractivity contribution in [2.45, 2.75) is 56.1 Å². The summed E-state index contributed by atoms with van der Waals surface area (Å²) in [5, 5.41) is 0. The maximum absolute atomic E-state index is 13.1. The van der Waals surface area contributed by atoms with Gasteiger partial charge < -0.3 is 14.4 Å². The van der Waals surface area contributed by atoms with Crippen LogP contribution in [-0.2, 0) is 19.5 Å². The molecule has 2 aliphatic heterocycles. The Bertz CT molecular complexity index is 770. The Labute approximate surface area is 177 Å². The molecule has 0 aliphatic carbocycles. The van der Waals surface area contributed by atoms with Crippen molar-refractivity contribution >= 4 is 31.6 Å². The number of benzene rings is 1. The van der Waals surface area contributed by atoms with Crippen molar-refractivity contribution in [3.8, 4) is 0 Å². The Morgan fingerprint density at radius 2 is 1.82 bits per heavy atom. The maximum Gasteiger partial charge on any atom is 0.242 e. The summed E-state index contributed by atoms with van der Waals surface area (Å²) < 4.78 is 41.0. The number of piperidine rings is 1. The average molecular weight is 475 g/mol. The first-order valence-electron chi connectivity index (χ1n) is 9.92. The molecule has 158 valence electrons. The highest BCUT2D eigenvalue weighted by atomic mass is 79.9. The van der Waals surface area contributed by atoms with Gasteiger partial charge in [0.15, 0.2) is 0 Å². The van der Waals surface area contributed by atoms with Crippen LogP contribution in [0.3, 0.4) is 0 Å². The van der Waals surface area contributed by atoms with Crippen molar-refractivity contribution in [3.05, 3.63) is 22.7 Å². The van der Waals surface area contributed by atoms with Crippen molar-refractivity contribution in [3.63, 3.8) is 0 Å². The summed E-state index contributed by atoms with van der Waals surface area (Å²) in [6, 6.07) is 5.35. The SMILES string of the molecule is COC(C)(C)C1CCN(c2cc(Br)ccc2S(=O)(=O)NC2CCOCC2)CC1. The number of hydrogen-bond donors (Lipinski definition) is 1. The summed E-state index contributed by atoms with van der Waals surface area (Å²) in [4.78, 5) is 2.54. The van der Waals surface area contributed by atoms with E-state index in [1.807, 2.05) is 6.07 Å². The molecule has 0 aromatic heterocycles. The van der Waals surface area contributed by atoms with E-state index >= 15 is 0 Å². The fourth-order valence-electron chi connectivity index (χ4n) is 4.05. The summed E-state index contributed by atoms with van der Waals surface area (Å²) in [7, 11) is -1.84. The van der Waals surface area contributed by atoms with Gasteiger partial charge in [-0.25, -0.2) is 13.1 Å². The van der Waals surface area contributed by atoms with Gasteiger partial charge in [0, 0.05) is 43.9 Å². The third-order valence-corrected chi connectivity index (χ3v) is 8.16. The van der Waals surface area contributed by atoms with Crippen molar-refractivity contribution < 1.29 is 17.9 Å². The zero-order valence-electron chi connectivity index (χ0n) is 16.9. The third-order valence-electron chi connectivity index (χ3n) is 6.10. The van der Waals surface area contributed by atoms with E-state index < -0.39 is 10.0 Å². The molecule has 0 atom stereocenters. The van der Waals surface area contributed by atoms with Crippen LogP contribution in [0, 0.1) is 5.92 Å². The molecule has 2 heterocycles. The Hall–Kier alpha value is -0.670. The molecule has 0 radical (unpaired) electrons. The Morgan fingerprint density at radius 3 is 2.43 bits per heavy atom. The van der Waals surface area contributed by atoms with Crippen LogP contribution in [0.1, 0.15) is 39.5 Å². The van der Waals surface area contributed by atoms with Crippen LogP contribution < -0.4 is 9.62 Å². The van der Waals surface area contributed by atoms with Gasteiger partial charge >= 0.3 is 0 Å². The second kappa shape index (κ2) is 9.00. The van der Waals surface area contributed by atoms with Gasteiger partial charge in [-0.1, -0.05) is 15.9 Å². The number of halogens is 1. The molecule has 1 aromatic rings. The second-order valence-electron chi connectivity index (χ2n) is 8.19. The first-order chi connectivity index (χ1) is 13.2. The summed E-state index contributed by atoms with van der Waals surface area (Å²) in [5.74, 6) is 0.460. The van der Waals surface area contributed by atoms with E-state index in [2.05, 4.69) is 39.4 Å². The number of ether oxygens (including phenoxy) is 2. The normalized spacial score (nSPS) is 20.5. The van der Waals surface area contributed by atoms with E-state index in [9.17, 15) is 8.42 Å². The first kappa shape index (κ1) is 22.0. The highest BCUT2D eigenvalue weighted by molar-refractivity contribution is 9.10. The van der Waals surface area contributed by atoms with E-state index in [1.54, 1.807) is 19.2 Å². The van der Waals surface area contributed by atoms with E-state index in [4.69, 9.17) is 9.47 Å². The van der Waals surface area contributed by atoms with Crippen LogP contribution in [-0.4, -0.2) is 53.5 Å². The molecular formula is C20H31BrN2O4S. The van der Waals surface area contributed by atoms with Crippen LogP contribution in [0.25, 0.3) is 0 Å². The summed E-state index contributed by atoms with van der Waals surface area (Å²) in [6.07, 6.45) is 3.37. The molecule has 8 heteroatoms. The third kappa shape index (κ3) is 5.08. The number of nitrogens with zero attached hydrogens (tertiary/aromatic N) is 1. The Morgan fingerprint density at radius 1 is 1.18 bits per heavy atom. The van der Waals surface area contributed by atoms with E-state index in [0.29, 0.717) is 36.9 Å². The molecule has 2 saturated heterocycles. The zero-order valence-corrected chi connectivity index (χ0v) is 19.3. The predicted molar refractivity (Wildman–Crippen MR) is 114 cm³/mol. The number of sulfonamides is 1. The lowest BCUT2D eigenvalue weighted by Gasteiger charge is -2.41. The van der Waals surface area contributed by atoms with Crippen molar-refractivity contribution in [2.24, 2.45) is 5.92 Å². The molecule has 0 unspecified atom stereocenters. The molecule has 0 saturated carbocycles. The van der Waals surface area contributed by atoms with Gasteiger partial charge in [-0.2, -0.15) is 0 Å². The lowest BCUT2D eigenvalue weighted by Crippen LogP contribution is -2.44. The summed E-state index contributed by atoms with van der Waals surface area (Å²) in [6.45, 7) is 7.08. The minimum atomic E-state index is -3.60. The monoisotopic (exact) mass is 474 g/mol. The standard InChI is InChI=1S/C20H31BrN2O4S/c1-20(2,26-3)15-6-10-23(11-7-15)18-14-16(21)4-5-19(18)28(24,25)22-17-8-12-27-13-9-17/h4-5,14-15,17,22H,6-13H2,1-3H3.